The van der Waals surface area contributed by atoms with Gasteiger partial charge in [0.15, 0.2) is 17.3 Å². The number of hydrogen-bond donors (Lipinski definition) is 2. The Bertz CT molecular complexity index is 464. The summed E-state index contributed by atoms with van der Waals surface area (Å²) < 4.78 is 9.33. The van der Waals surface area contributed by atoms with Crippen LogP contribution in [0.25, 0.3) is 0 Å². The highest BCUT2D eigenvalue weighted by Crippen LogP contribution is 2.03. The minimum Gasteiger partial charge on any atom is -0.476 e. The zero-order chi connectivity index (χ0) is 11.4. The Hall–Kier alpha value is -2.22. The number of nitrogens with zero attached hydrogens (tertiary/aromatic N) is 3. The summed E-state index contributed by atoms with van der Waals surface area (Å²) in [5, 5.41) is 18.5. The smallest absolute Gasteiger partial charge is 0.358 e. The fourth-order valence-electron chi connectivity index (χ4n) is 1.06. The Morgan fingerprint density at radius 2 is 2.31 bits per heavy atom. The van der Waals surface area contributed by atoms with Gasteiger partial charge in [-0.15, -0.1) is 0 Å². The van der Waals surface area contributed by atoms with E-state index in [4.69, 9.17) is 9.63 Å². The van der Waals surface area contributed by atoms with E-state index in [0.717, 1.165) is 0 Å². The van der Waals surface area contributed by atoms with Crippen LogP contribution in [0.5, 0.6) is 0 Å². The number of carboxylic acid groups (broad SMARTS) is 1. The molecule has 2 N–H and O–H groups in total. The van der Waals surface area contributed by atoms with E-state index in [9.17, 15) is 4.79 Å². The third-order valence-corrected chi connectivity index (χ3v) is 1.77. The van der Waals surface area contributed by atoms with Crippen LogP contribution < -0.4 is 5.32 Å². The van der Waals surface area contributed by atoms with Crippen molar-refractivity contribution in [3.05, 3.63) is 29.7 Å². The molecule has 0 aliphatic heterocycles. The van der Waals surface area contributed by atoms with Gasteiger partial charge >= 0.3 is 5.97 Å². The molecule has 0 aromatic carbocycles. The molecular formula is C8H8N4O4. The van der Waals surface area contributed by atoms with E-state index in [1.165, 1.54) is 12.5 Å². The molecule has 0 saturated heterocycles. The average molecular weight is 224 g/mol. The molecule has 8 nitrogen and oxygen atoms in total. The lowest BCUT2D eigenvalue weighted by Crippen LogP contribution is -2.13. The first-order chi connectivity index (χ1) is 7.75. The fraction of sp³-hybridized carbons (Fsp3) is 0.250. The molecule has 0 spiro atoms. The number of aromatic nitrogens is 3. The molecule has 16 heavy (non-hydrogen) atoms. The summed E-state index contributed by atoms with van der Waals surface area (Å²) in [6.07, 6.45) is 1.23. The molecule has 0 aliphatic carbocycles. The minimum atomic E-state index is -1.12. The second kappa shape index (κ2) is 4.53. The molecule has 84 valence electrons. The predicted molar refractivity (Wildman–Crippen MR) is 48.3 cm³/mol. The highest BCUT2D eigenvalue weighted by molar-refractivity contribution is 5.85. The SMILES string of the molecule is O=C(O)c1cc(CNCc2ncon2)on1. The molecule has 0 saturated carbocycles. The Morgan fingerprint density at radius 3 is 2.94 bits per heavy atom. The molecule has 0 fully saturated rings. The average Bonchev–Trinajstić information content (AvgIpc) is 2.87. The van der Waals surface area contributed by atoms with Gasteiger partial charge in [0.05, 0.1) is 13.1 Å². The van der Waals surface area contributed by atoms with E-state index in [2.05, 4.69) is 25.1 Å². The topological polar surface area (TPSA) is 114 Å². The van der Waals surface area contributed by atoms with Crippen LogP contribution in [0.2, 0.25) is 0 Å². The van der Waals surface area contributed by atoms with Crippen molar-refractivity contribution in [3.8, 4) is 0 Å². The normalized spacial score (nSPS) is 10.5. The van der Waals surface area contributed by atoms with Crippen molar-refractivity contribution in [2.24, 2.45) is 0 Å². The van der Waals surface area contributed by atoms with Gasteiger partial charge in [0.25, 0.3) is 0 Å². The van der Waals surface area contributed by atoms with Crippen molar-refractivity contribution in [1.29, 1.82) is 0 Å². The van der Waals surface area contributed by atoms with E-state index < -0.39 is 5.97 Å². The first-order valence-corrected chi connectivity index (χ1v) is 4.40. The van der Waals surface area contributed by atoms with Crippen LogP contribution in [0, 0.1) is 0 Å². The second-order valence-electron chi connectivity index (χ2n) is 2.93. The van der Waals surface area contributed by atoms with E-state index in [0.29, 0.717) is 24.7 Å². The second-order valence-corrected chi connectivity index (χ2v) is 2.93. The number of aromatic carboxylic acids is 1. The number of carbonyl (C=O) groups is 1. The van der Waals surface area contributed by atoms with E-state index in [1.54, 1.807) is 0 Å². The Morgan fingerprint density at radius 1 is 1.44 bits per heavy atom. The lowest BCUT2D eigenvalue weighted by molar-refractivity contribution is 0.0685. The van der Waals surface area contributed by atoms with Crippen molar-refractivity contribution in [3.63, 3.8) is 0 Å². The van der Waals surface area contributed by atoms with Crippen LogP contribution in [-0.2, 0) is 13.1 Å². The Labute approximate surface area is 89.2 Å². The number of nitrogens with one attached hydrogen (secondary N) is 1. The lowest BCUT2D eigenvalue weighted by Gasteiger charge is -1.95. The third-order valence-electron chi connectivity index (χ3n) is 1.77. The summed E-state index contributed by atoms with van der Waals surface area (Å²) in [5.41, 5.74) is -0.114. The van der Waals surface area contributed by atoms with Gasteiger partial charge in [-0.05, 0) is 0 Å². The molecule has 2 rings (SSSR count). The summed E-state index contributed by atoms with van der Waals surface area (Å²) in [4.78, 5) is 14.3. The van der Waals surface area contributed by atoms with Crippen molar-refractivity contribution in [1.82, 2.24) is 20.6 Å². The number of carboxylic acids is 1. The molecule has 2 aromatic rings. The van der Waals surface area contributed by atoms with Gasteiger partial charge in [-0.25, -0.2) is 4.79 Å². The summed E-state index contributed by atoms with van der Waals surface area (Å²) in [6, 6.07) is 1.35. The third kappa shape index (κ3) is 2.42. The molecule has 0 amide bonds. The molecule has 2 heterocycles. The first-order valence-electron chi connectivity index (χ1n) is 4.40. The van der Waals surface area contributed by atoms with Crippen molar-refractivity contribution in [2.75, 3.05) is 0 Å². The summed E-state index contributed by atoms with van der Waals surface area (Å²) in [6.45, 7) is 0.744. The van der Waals surface area contributed by atoms with Gasteiger partial charge in [0.2, 0.25) is 6.39 Å². The van der Waals surface area contributed by atoms with Gasteiger partial charge in [-0.1, -0.05) is 10.3 Å². The maximum absolute atomic E-state index is 10.5. The van der Waals surface area contributed by atoms with E-state index in [-0.39, 0.29) is 5.69 Å². The van der Waals surface area contributed by atoms with Crippen LogP contribution in [0.1, 0.15) is 22.1 Å². The lowest BCUT2D eigenvalue weighted by atomic mass is 10.3. The standard InChI is InChI=1S/C8H8N4O4/c13-8(14)6-1-5(16-11-6)2-9-3-7-10-4-15-12-7/h1,4,9H,2-3H2,(H,13,14). The molecule has 0 bridgehead atoms. The predicted octanol–water partition coefficient (Wildman–Crippen LogP) is 0.0456. The van der Waals surface area contributed by atoms with Gasteiger partial charge in [0, 0.05) is 6.07 Å². The first kappa shape index (κ1) is 10.3. The van der Waals surface area contributed by atoms with Crippen LogP contribution in [0.15, 0.2) is 21.5 Å². The number of rotatable bonds is 5. The maximum atomic E-state index is 10.5. The highest BCUT2D eigenvalue weighted by Gasteiger charge is 2.10. The van der Waals surface area contributed by atoms with Crippen molar-refractivity contribution in [2.45, 2.75) is 13.1 Å². The molecular weight excluding hydrogens is 216 g/mol. The van der Waals surface area contributed by atoms with Crippen LogP contribution in [0.4, 0.5) is 0 Å². The van der Waals surface area contributed by atoms with Crippen molar-refractivity contribution < 1.29 is 18.9 Å². The molecule has 0 aliphatic rings. The number of hydrogen-bond acceptors (Lipinski definition) is 7. The highest BCUT2D eigenvalue weighted by atomic mass is 16.5. The molecule has 0 radical (unpaired) electrons. The van der Waals surface area contributed by atoms with Gasteiger partial charge in [-0.2, -0.15) is 4.98 Å². The zero-order valence-corrected chi connectivity index (χ0v) is 8.08. The summed E-state index contributed by atoms with van der Waals surface area (Å²) in [7, 11) is 0. The van der Waals surface area contributed by atoms with Crippen LogP contribution in [0.3, 0.4) is 0 Å². The summed E-state index contributed by atoms with van der Waals surface area (Å²) in [5.74, 6) is -0.174. The summed E-state index contributed by atoms with van der Waals surface area (Å²) >= 11 is 0. The zero-order valence-electron chi connectivity index (χ0n) is 8.08. The Kier molecular flexibility index (Phi) is 2.92. The van der Waals surface area contributed by atoms with Gasteiger partial charge in [-0.3, -0.25) is 0 Å². The van der Waals surface area contributed by atoms with Crippen LogP contribution >= 0.6 is 0 Å². The monoisotopic (exact) mass is 224 g/mol. The van der Waals surface area contributed by atoms with E-state index in [1.807, 2.05) is 0 Å². The van der Waals surface area contributed by atoms with Crippen molar-refractivity contribution >= 4 is 5.97 Å². The van der Waals surface area contributed by atoms with E-state index >= 15 is 0 Å². The quantitative estimate of drug-likeness (QED) is 0.731. The molecule has 8 heteroatoms. The molecule has 2 aromatic heterocycles. The molecule has 0 unspecified atom stereocenters. The largest absolute Gasteiger partial charge is 0.476 e. The van der Waals surface area contributed by atoms with Gasteiger partial charge < -0.3 is 19.5 Å². The fourth-order valence-corrected chi connectivity index (χ4v) is 1.06. The maximum Gasteiger partial charge on any atom is 0.358 e. The minimum absolute atomic E-state index is 0.114. The van der Waals surface area contributed by atoms with Gasteiger partial charge in [0.1, 0.15) is 0 Å². The molecule has 0 atom stereocenters. The van der Waals surface area contributed by atoms with Crippen LogP contribution in [-0.4, -0.2) is 26.4 Å². The Balaban J connectivity index is 1.83.